The molecule has 2 heterocycles. The highest BCUT2D eigenvalue weighted by molar-refractivity contribution is 4.93. The molecule has 14 heavy (non-hydrogen) atoms. The third-order valence-electron chi connectivity index (χ3n) is 3.54. The lowest BCUT2D eigenvalue weighted by Gasteiger charge is -2.38. The van der Waals surface area contributed by atoms with E-state index in [1.54, 1.807) is 0 Å². The van der Waals surface area contributed by atoms with Gasteiger partial charge < -0.3 is 15.2 Å². The second-order valence-corrected chi connectivity index (χ2v) is 4.57. The second kappa shape index (κ2) is 4.60. The predicted octanol–water partition coefficient (Wildman–Crippen LogP) is 1.06. The SMILES string of the molecule is OC1(C2CCCCN2)CCCOCC1. The van der Waals surface area contributed by atoms with Crippen LogP contribution in [0.1, 0.15) is 38.5 Å². The van der Waals surface area contributed by atoms with Gasteiger partial charge in [0.1, 0.15) is 0 Å². The molecule has 2 rings (SSSR count). The van der Waals surface area contributed by atoms with Gasteiger partial charge in [0.2, 0.25) is 0 Å². The molecule has 2 saturated heterocycles. The van der Waals surface area contributed by atoms with Crippen LogP contribution in [0, 0.1) is 0 Å². The molecule has 0 aliphatic carbocycles. The van der Waals surface area contributed by atoms with E-state index in [0.717, 1.165) is 38.8 Å². The zero-order valence-electron chi connectivity index (χ0n) is 8.80. The Hall–Kier alpha value is -0.120. The van der Waals surface area contributed by atoms with Crippen molar-refractivity contribution in [2.45, 2.75) is 50.2 Å². The van der Waals surface area contributed by atoms with E-state index in [2.05, 4.69) is 5.32 Å². The van der Waals surface area contributed by atoms with Crippen molar-refractivity contribution in [3.8, 4) is 0 Å². The molecule has 2 fully saturated rings. The molecule has 0 aromatic rings. The first-order valence-electron chi connectivity index (χ1n) is 5.85. The number of hydrogen-bond donors (Lipinski definition) is 2. The highest BCUT2D eigenvalue weighted by Gasteiger charge is 2.37. The summed E-state index contributed by atoms with van der Waals surface area (Å²) in [5, 5.41) is 14.0. The highest BCUT2D eigenvalue weighted by Crippen LogP contribution is 2.29. The number of piperidine rings is 1. The van der Waals surface area contributed by atoms with Gasteiger partial charge in [-0.25, -0.2) is 0 Å². The summed E-state index contributed by atoms with van der Waals surface area (Å²) in [5.74, 6) is 0. The molecule has 3 heteroatoms. The fourth-order valence-electron chi connectivity index (χ4n) is 2.62. The van der Waals surface area contributed by atoms with Gasteiger partial charge in [-0.05, 0) is 32.2 Å². The summed E-state index contributed by atoms with van der Waals surface area (Å²) < 4.78 is 5.39. The van der Waals surface area contributed by atoms with Gasteiger partial charge in [0.25, 0.3) is 0 Å². The van der Waals surface area contributed by atoms with Gasteiger partial charge in [-0.15, -0.1) is 0 Å². The smallest absolute Gasteiger partial charge is 0.0822 e. The van der Waals surface area contributed by atoms with Crippen LogP contribution in [-0.2, 0) is 4.74 Å². The molecule has 0 aromatic carbocycles. The van der Waals surface area contributed by atoms with E-state index >= 15 is 0 Å². The monoisotopic (exact) mass is 199 g/mol. The number of ether oxygens (including phenoxy) is 1. The maximum atomic E-state index is 10.5. The van der Waals surface area contributed by atoms with Gasteiger partial charge in [-0.1, -0.05) is 6.42 Å². The van der Waals surface area contributed by atoms with Gasteiger partial charge in [0, 0.05) is 25.7 Å². The third-order valence-corrected chi connectivity index (χ3v) is 3.54. The van der Waals surface area contributed by atoms with Crippen LogP contribution in [0.5, 0.6) is 0 Å². The van der Waals surface area contributed by atoms with Gasteiger partial charge in [-0.2, -0.15) is 0 Å². The fraction of sp³-hybridized carbons (Fsp3) is 1.00. The Morgan fingerprint density at radius 1 is 1.14 bits per heavy atom. The minimum absolute atomic E-state index is 0.304. The van der Waals surface area contributed by atoms with E-state index in [0.29, 0.717) is 12.6 Å². The number of aliphatic hydroxyl groups is 1. The minimum atomic E-state index is -0.503. The second-order valence-electron chi connectivity index (χ2n) is 4.57. The highest BCUT2D eigenvalue weighted by atomic mass is 16.5. The van der Waals surface area contributed by atoms with Crippen LogP contribution >= 0.6 is 0 Å². The normalized spacial score (nSPS) is 40.5. The van der Waals surface area contributed by atoms with Crippen molar-refractivity contribution >= 4 is 0 Å². The molecular weight excluding hydrogens is 178 g/mol. The third kappa shape index (κ3) is 2.27. The van der Waals surface area contributed by atoms with Crippen LogP contribution in [0.3, 0.4) is 0 Å². The lowest BCUT2D eigenvalue weighted by atomic mass is 9.82. The van der Waals surface area contributed by atoms with Crippen LogP contribution < -0.4 is 5.32 Å². The van der Waals surface area contributed by atoms with Crippen LogP contribution in [0.15, 0.2) is 0 Å². The van der Waals surface area contributed by atoms with Gasteiger partial charge in [0.15, 0.2) is 0 Å². The first kappa shape index (κ1) is 10.4. The van der Waals surface area contributed by atoms with E-state index in [1.807, 2.05) is 0 Å². The summed E-state index contributed by atoms with van der Waals surface area (Å²) in [5.41, 5.74) is -0.503. The van der Waals surface area contributed by atoms with E-state index in [4.69, 9.17) is 4.74 Å². The first-order chi connectivity index (χ1) is 6.81. The molecule has 2 unspecified atom stereocenters. The molecule has 0 bridgehead atoms. The standard InChI is InChI=1S/C11H21NO2/c13-11(5-3-8-14-9-6-11)10-4-1-2-7-12-10/h10,12-13H,1-9H2. The van der Waals surface area contributed by atoms with Crippen LogP contribution in [0.4, 0.5) is 0 Å². The molecule has 3 nitrogen and oxygen atoms in total. The van der Waals surface area contributed by atoms with Crippen molar-refractivity contribution in [3.63, 3.8) is 0 Å². The van der Waals surface area contributed by atoms with E-state index < -0.39 is 5.60 Å². The van der Waals surface area contributed by atoms with Crippen molar-refractivity contribution in [3.05, 3.63) is 0 Å². The molecule has 0 radical (unpaired) electrons. The predicted molar refractivity (Wildman–Crippen MR) is 55.3 cm³/mol. The molecule has 2 N–H and O–H groups in total. The average Bonchev–Trinajstić information content (AvgIpc) is 2.46. The summed E-state index contributed by atoms with van der Waals surface area (Å²) in [6.45, 7) is 2.59. The Morgan fingerprint density at radius 3 is 2.86 bits per heavy atom. The van der Waals surface area contributed by atoms with Gasteiger partial charge in [-0.3, -0.25) is 0 Å². The number of hydrogen-bond acceptors (Lipinski definition) is 3. The Morgan fingerprint density at radius 2 is 2.07 bits per heavy atom. The van der Waals surface area contributed by atoms with Gasteiger partial charge >= 0.3 is 0 Å². The van der Waals surface area contributed by atoms with Crippen molar-refractivity contribution < 1.29 is 9.84 Å². The lowest BCUT2D eigenvalue weighted by Crippen LogP contribution is -2.53. The Balaban J connectivity index is 1.96. The minimum Gasteiger partial charge on any atom is -0.388 e. The molecular formula is C11H21NO2. The van der Waals surface area contributed by atoms with Crippen molar-refractivity contribution in [2.75, 3.05) is 19.8 Å². The first-order valence-corrected chi connectivity index (χ1v) is 5.85. The van der Waals surface area contributed by atoms with E-state index in [9.17, 15) is 5.11 Å². The van der Waals surface area contributed by atoms with Crippen LogP contribution in [0.25, 0.3) is 0 Å². The van der Waals surface area contributed by atoms with Gasteiger partial charge in [0.05, 0.1) is 5.60 Å². The zero-order chi connectivity index (χ0) is 9.86. The quantitative estimate of drug-likeness (QED) is 0.663. The van der Waals surface area contributed by atoms with Crippen molar-refractivity contribution in [1.29, 1.82) is 0 Å². The maximum absolute atomic E-state index is 10.5. The summed E-state index contributed by atoms with van der Waals surface area (Å²) >= 11 is 0. The fourth-order valence-corrected chi connectivity index (χ4v) is 2.62. The Bertz CT molecular complexity index is 170. The van der Waals surface area contributed by atoms with Crippen LogP contribution in [-0.4, -0.2) is 36.5 Å². The van der Waals surface area contributed by atoms with E-state index in [1.165, 1.54) is 12.8 Å². The lowest BCUT2D eigenvalue weighted by molar-refractivity contribution is -0.0239. The summed E-state index contributed by atoms with van der Waals surface area (Å²) in [6, 6.07) is 0.304. The van der Waals surface area contributed by atoms with Crippen LogP contribution in [0.2, 0.25) is 0 Å². The van der Waals surface area contributed by atoms with E-state index in [-0.39, 0.29) is 0 Å². The summed E-state index contributed by atoms with van der Waals surface area (Å²) in [7, 11) is 0. The molecule has 0 aromatic heterocycles. The van der Waals surface area contributed by atoms with Crippen molar-refractivity contribution in [2.24, 2.45) is 0 Å². The number of nitrogens with one attached hydrogen (secondary N) is 1. The maximum Gasteiger partial charge on any atom is 0.0822 e. The number of rotatable bonds is 1. The average molecular weight is 199 g/mol. The largest absolute Gasteiger partial charge is 0.388 e. The molecule has 2 aliphatic heterocycles. The van der Waals surface area contributed by atoms with Crippen molar-refractivity contribution in [1.82, 2.24) is 5.32 Å². The molecule has 0 spiro atoms. The topological polar surface area (TPSA) is 41.5 Å². The Kier molecular flexibility index (Phi) is 3.42. The molecule has 0 saturated carbocycles. The Labute approximate surface area is 85.8 Å². The zero-order valence-corrected chi connectivity index (χ0v) is 8.80. The summed E-state index contributed by atoms with van der Waals surface area (Å²) in [4.78, 5) is 0. The molecule has 2 atom stereocenters. The molecule has 0 amide bonds. The summed E-state index contributed by atoms with van der Waals surface area (Å²) in [6.07, 6.45) is 6.31. The molecule has 82 valence electrons. The molecule has 2 aliphatic rings.